The van der Waals surface area contributed by atoms with Crippen LogP contribution in [0.15, 0.2) is 0 Å². The van der Waals surface area contributed by atoms with Gasteiger partial charge in [0, 0.05) is 6.42 Å². The SMILES string of the molecule is [CH2]CCCCCCCCCCCC#CC(C)SC. The molecule has 0 nitrogen and oxygen atoms in total. The second kappa shape index (κ2) is 15.0. The van der Waals surface area contributed by atoms with Gasteiger partial charge in [-0.3, -0.25) is 0 Å². The smallest absolute Gasteiger partial charge is 0.0626 e. The van der Waals surface area contributed by atoms with Gasteiger partial charge >= 0.3 is 0 Å². The van der Waals surface area contributed by atoms with E-state index in [0.717, 1.165) is 12.8 Å². The normalized spacial score (nSPS) is 11.9. The van der Waals surface area contributed by atoms with Gasteiger partial charge in [-0.25, -0.2) is 0 Å². The molecular formula is C17H31S. The molecule has 1 heteroatoms. The lowest BCUT2D eigenvalue weighted by atomic mass is 10.1. The summed E-state index contributed by atoms with van der Waals surface area (Å²) < 4.78 is 0. The lowest BCUT2D eigenvalue weighted by Crippen LogP contribution is -1.87. The molecule has 0 aromatic rings. The molecular weight excluding hydrogens is 236 g/mol. The summed E-state index contributed by atoms with van der Waals surface area (Å²) in [7, 11) is 0. The average Bonchev–Trinajstić information content (AvgIpc) is 2.39. The highest BCUT2D eigenvalue weighted by Crippen LogP contribution is 2.11. The summed E-state index contributed by atoms with van der Waals surface area (Å²) in [6.07, 6.45) is 16.7. The summed E-state index contributed by atoms with van der Waals surface area (Å²) in [4.78, 5) is 0. The minimum atomic E-state index is 0.503. The van der Waals surface area contributed by atoms with Crippen molar-refractivity contribution in [3.63, 3.8) is 0 Å². The van der Waals surface area contributed by atoms with Crippen LogP contribution < -0.4 is 0 Å². The molecule has 1 radical (unpaired) electrons. The summed E-state index contributed by atoms with van der Waals surface area (Å²) in [5, 5.41) is 0.503. The van der Waals surface area contributed by atoms with E-state index in [1.54, 1.807) is 0 Å². The van der Waals surface area contributed by atoms with Gasteiger partial charge in [0.2, 0.25) is 0 Å². The molecule has 0 heterocycles. The summed E-state index contributed by atoms with van der Waals surface area (Å²) in [5.41, 5.74) is 0. The van der Waals surface area contributed by atoms with E-state index in [4.69, 9.17) is 0 Å². The minimum Gasteiger partial charge on any atom is -0.149 e. The first-order valence-corrected chi connectivity index (χ1v) is 8.90. The topological polar surface area (TPSA) is 0 Å². The number of rotatable bonds is 11. The van der Waals surface area contributed by atoms with Crippen LogP contribution in [0.5, 0.6) is 0 Å². The van der Waals surface area contributed by atoms with E-state index in [2.05, 4.69) is 31.9 Å². The first kappa shape index (κ1) is 17.9. The Kier molecular flexibility index (Phi) is 14.9. The molecule has 0 amide bonds. The highest BCUT2D eigenvalue weighted by molar-refractivity contribution is 7.99. The van der Waals surface area contributed by atoms with Crippen LogP contribution in [0.4, 0.5) is 0 Å². The number of unbranched alkanes of at least 4 members (excludes halogenated alkanes) is 10. The lowest BCUT2D eigenvalue weighted by Gasteiger charge is -2.01. The van der Waals surface area contributed by atoms with E-state index < -0.39 is 0 Å². The van der Waals surface area contributed by atoms with Crippen molar-refractivity contribution in [1.29, 1.82) is 0 Å². The van der Waals surface area contributed by atoms with Gasteiger partial charge in [0.15, 0.2) is 0 Å². The average molecular weight is 268 g/mol. The van der Waals surface area contributed by atoms with E-state index >= 15 is 0 Å². The molecule has 1 unspecified atom stereocenters. The molecule has 0 N–H and O–H groups in total. The molecule has 0 aliphatic carbocycles. The van der Waals surface area contributed by atoms with Gasteiger partial charge in [0.1, 0.15) is 0 Å². The highest BCUT2D eigenvalue weighted by atomic mass is 32.2. The van der Waals surface area contributed by atoms with Crippen molar-refractivity contribution >= 4 is 11.8 Å². The molecule has 0 aromatic heterocycles. The van der Waals surface area contributed by atoms with Crippen molar-refractivity contribution in [2.24, 2.45) is 0 Å². The monoisotopic (exact) mass is 267 g/mol. The predicted molar refractivity (Wildman–Crippen MR) is 86.9 cm³/mol. The Bertz CT molecular complexity index is 211. The zero-order valence-corrected chi connectivity index (χ0v) is 13.3. The second-order valence-corrected chi connectivity index (χ2v) is 6.16. The van der Waals surface area contributed by atoms with Gasteiger partial charge in [-0.2, -0.15) is 0 Å². The molecule has 0 aliphatic rings. The van der Waals surface area contributed by atoms with Gasteiger partial charge in [-0.1, -0.05) is 70.6 Å². The third-order valence-corrected chi connectivity index (χ3v) is 4.04. The van der Waals surface area contributed by atoms with Crippen molar-refractivity contribution in [1.82, 2.24) is 0 Å². The molecule has 105 valence electrons. The van der Waals surface area contributed by atoms with Crippen LogP contribution in [0.1, 0.15) is 77.6 Å². The number of hydrogen-bond donors (Lipinski definition) is 0. The maximum Gasteiger partial charge on any atom is 0.0626 e. The molecule has 0 aromatic carbocycles. The zero-order valence-electron chi connectivity index (χ0n) is 12.5. The molecule has 0 rings (SSSR count). The molecule has 0 fully saturated rings. The minimum absolute atomic E-state index is 0.503. The molecule has 0 spiro atoms. The maximum absolute atomic E-state index is 3.87. The highest BCUT2D eigenvalue weighted by Gasteiger charge is 1.92. The van der Waals surface area contributed by atoms with E-state index in [1.807, 2.05) is 11.8 Å². The molecule has 0 saturated heterocycles. The third kappa shape index (κ3) is 14.0. The molecule has 0 aliphatic heterocycles. The Morgan fingerprint density at radius 3 is 1.89 bits per heavy atom. The van der Waals surface area contributed by atoms with Crippen molar-refractivity contribution < 1.29 is 0 Å². The molecule has 1 atom stereocenters. The van der Waals surface area contributed by atoms with Crippen molar-refractivity contribution in [3.8, 4) is 11.8 Å². The summed E-state index contributed by atoms with van der Waals surface area (Å²) >= 11 is 1.83. The van der Waals surface area contributed by atoms with E-state index in [0.29, 0.717) is 5.25 Å². The fourth-order valence-corrected chi connectivity index (χ4v) is 2.10. The first-order valence-electron chi connectivity index (χ1n) is 7.61. The zero-order chi connectivity index (χ0) is 13.5. The number of thioether (sulfide) groups is 1. The molecule has 0 bridgehead atoms. The second-order valence-electron chi connectivity index (χ2n) is 4.98. The van der Waals surface area contributed by atoms with Gasteiger partial charge in [-0.15, -0.1) is 17.7 Å². The Balaban J connectivity index is 3.09. The standard InChI is InChI=1S/C17H31S/c1-4-5-6-7-8-9-10-11-12-13-14-15-16-17(2)18-3/h17H,1,4-14H2,2-3H3. The van der Waals surface area contributed by atoms with Crippen LogP contribution in [-0.2, 0) is 0 Å². The van der Waals surface area contributed by atoms with Crippen molar-refractivity contribution in [2.45, 2.75) is 82.8 Å². The van der Waals surface area contributed by atoms with E-state index in [9.17, 15) is 0 Å². The van der Waals surface area contributed by atoms with Crippen LogP contribution in [0.25, 0.3) is 0 Å². The van der Waals surface area contributed by atoms with Crippen molar-refractivity contribution in [3.05, 3.63) is 6.92 Å². The van der Waals surface area contributed by atoms with Crippen molar-refractivity contribution in [2.75, 3.05) is 6.26 Å². The van der Waals surface area contributed by atoms with Gasteiger partial charge in [0.05, 0.1) is 5.25 Å². The van der Waals surface area contributed by atoms with E-state index in [-0.39, 0.29) is 0 Å². The van der Waals surface area contributed by atoms with Gasteiger partial charge in [-0.05, 0) is 19.6 Å². The Hall–Kier alpha value is -0.0900. The fourth-order valence-electron chi connectivity index (χ4n) is 1.90. The van der Waals surface area contributed by atoms with Crippen LogP contribution in [-0.4, -0.2) is 11.5 Å². The van der Waals surface area contributed by atoms with Crippen LogP contribution in [0, 0.1) is 18.8 Å². The first-order chi connectivity index (χ1) is 8.81. The van der Waals surface area contributed by atoms with Gasteiger partial charge in [0.25, 0.3) is 0 Å². The number of hydrogen-bond acceptors (Lipinski definition) is 1. The summed E-state index contributed by atoms with van der Waals surface area (Å²) in [6, 6.07) is 0. The Morgan fingerprint density at radius 2 is 1.39 bits per heavy atom. The fraction of sp³-hybridized carbons (Fsp3) is 0.824. The molecule has 0 saturated carbocycles. The quantitative estimate of drug-likeness (QED) is 0.333. The van der Waals surface area contributed by atoms with Crippen LogP contribution in [0.2, 0.25) is 0 Å². The van der Waals surface area contributed by atoms with E-state index in [1.165, 1.54) is 57.8 Å². The predicted octanol–water partition coefficient (Wildman–Crippen LogP) is 5.87. The molecule has 18 heavy (non-hydrogen) atoms. The van der Waals surface area contributed by atoms with Crippen LogP contribution >= 0.6 is 11.8 Å². The summed E-state index contributed by atoms with van der Waals surface area (Å²) in [5.74, 6) is 6.56. The third-order valence-electron chi connectivity index (χ3n) is 3.21. The Morgan fingerprint density at radius 1 is 0.889 bits per heavy atom. The lowest BCUT2D eigenvalue weighted by molar-refractivity contribution is 0.562. The summed E-state index contributed by atoms with van der Waals surface area (Å²) in [6.45, 7) is 6.05. The largest absolute Gasteiger partial charge is 0.149 e. The van der Waals surface area contributed by atoms with Crippen LogP contribution in [0.3, 0.4) is 0 Å². The Labute approximate surface area is 120 Å². The maximum atomic E-state index is 3.87. The van der Waals surface area contributed by atoms with Gasteiger partial charge < -0.3 is 0 Å².